The van der Waals surface area contributed by atoms with Crippen LogP contribution in [0, 0.1) is 0 Å². The Morgan fingerprint density at radius 1 is 1.46 bits per heavy atom. The van der Waals surface area contributed by atoms with Crippen LogP contribution in [-0.2, 0) is 0 Å². The fraction of sp³-hybridized carbons (Fsp3) is 0.400. The molecule has 1 heterocycles. The number of thioether (sulfide) groups is 1. The molecular formula is C10H12ClNS. The lowest BCUT2D eigenvalue weighted by molar-refractivity contribution is 0.831. The van der Waals surface area contributed by atoms with Crippen LogP contribution in [-0.4, -0.2) is 5.75 Å². The molecule has 0 amide bonds. The SMILES string of the molecule is Nc1c(Cl)cccc1C1CCCS1. The van der Waals surface area contributed by atoms with Crippen LogP contribution in [0.1, 0.15) is 23.7 Å². The van der Waals surface area contributed by atoms with Gasteiger partial charge >= 0.3 is 0 Å². The van der Waals surface area contributed by atoms with Crippen molar-refractivity contribution in [3.8, 4) is 0 Å². The Morgan fingerprint density at radius 2 is 2.31 bits per heavy atom. The highest BCUT2D eigenvalue weighted by atomic mass is 35.5. The summed E-state index contributed by atoms with van der Waals surface area (Å²) in [6, 6.07) is 5.91. The van der Waals surface area contributed by atoms with Gasteiger partial charge in [-0.1, -0.05) is 23.7 Å². The smallest absolute Gasteiger partial charge is 0.0638 e. The van der Waals surface area contributed by atoms with Gasteiger partial charge < -0.3 is 5.73 Å². The number of halogens is 1. The summed E-state index contributed by atoms with van der Waals surface area (Å²) in [7, 11) is 0. The summed E-state index contributed by atoms with van der Waals surface area (Å²) in [5, 5.41) is 1.25. The molecule has 1 aromatic rings. The molecule has 0 aromatic heterocycles. The van der Waals surface area contributed by atoms with Crippen molar-refractivity contribution in [1.82, 2.24) is 0 Å². The van der Waals surface area contributed by atoms with Gasteiger partial charge in [-0.25, -0.2) is 0 Å². The highest BCUT2D eigenvalue weighted by Crippen LogP contribution is 2.43. The fourth-order valence-electron chi connectivity index (χ4n) is 1.66. The van der Waals surface area contributed by atoms with E-state index in [2.05, 4.69) is 6.07 Å². The summed E-state index contributed by atoms with van der Waals surface area (Å²) in [6.07, 6.45) is 2.52. The van der Waals surface area contributed by atoms with Crippen LogP contribution in [0.2, 0.25) is 5.02 Å². The number of benzene rings is 1. The molecule has 1 atom stereocenters. The van der Waals surface area contributed by atoms with Crippen LogP contribution in [0.4, 0.5) is 5.69 Å². The van der Waals surface area contributed by atoms with Gasteiger partial charge in [-0.2, -0.15) is 11.8 Å². The minimum absolute atomic E-state index is 0.568. The minimum atomic E-state index is 0.568. The number of nitrogens with two attached hydrogens (primary N) is 1. The Hall–Kier alpha value is -0.340. The summed E-state index contributed by atoms with van der Waals surface area (Å²) in [5.41, 5.74) is 7.90. The van der Waals surface area contributed by atoms with E-state index in [-0.39, 0.29) is 0 Å². The van der Waals surface area contributed by atoms with E-state index < -0.39 is 0 Å². The molecule has 0 aliphatic carbocycles. The predicted octanol–water partition coefficient (Wildman–Crippen LogP) is 3.49. The lowest BCUT2D eigenvalue weighted by Gasteiger charge is -2.12. The topological polar surface area (TPSA) is 26.0 Å². The van der Waals surface area contributed by atoms with Crippen LogP contribution in [0.5, 0.6) is 0 Å². The third-order valence-corrected chi connectivity index (χ3v) is 4.11. The largest absolute Gasteiger partial charge is 0.397 e. The number of para-hydroxylation sites is 1. The van der Waals surface area contributed by atoms with Crippen LogP contribution in [0.3, 0.4) is 0 Å². The van der Waals surface area contributed by atoms with E-state index in [1.54, 1.807) is 0 Å². The van der Waals surface area contributed by atoms with Crippen molar-refractivity contribution in [2.45, 2.75) is 18.1 Å². The first-order valence-electron chi connectivity index (χ1n) is 4.44. The molecule has 0 radical (unpaired) electrons. The number of hydrogen-bond acceptors (Lipinski definition) is 2. The van der Waals surface area contributed by atoms with Gasteiger partial charge in [-0.05, 0) is 30.2 Å². The highest BCUT2D eigenvalue weighted by molar-refractivity contribution is 7.99. The molecule has 1 unspecified atom stereocenters. The van der Waals surface area contributed by atoms with Gasteiger partial charge in [0.2, 0.25) is 0 Å². The maximum Gasteiger partial charge on any atom is 0.0638 e. The molecule has 1 saturated heterocycles. The number of rotatable bonds is 1. The van der Waals surface area contributed by atoms with Gasteiger partial charge in [0, 0.05) is 5.25 Å². The third kappa shape index (κ3) is 1.79. The molecule has 1 aliphatic heterocycles. The summed E-state index contributed by atoms with van der Waals surface area (Å²) in [4.78, 5) is 0. The van der Waals surface area contributed by atoms with Crippen molar-refractivity contribution < 1.29 is 0 Å². The normalized spacial score (nSPS) is 22.1. The van der Waals surface area contributed by atoms with Gasteiger partial charge in [0.05, 0.1) is 10.7 Å². The van der Waals surface area contributed by atoms with Crippen molar-refractivity contribution in [2.75, 3.05) is 11.5 Å². The zero-order valence-electron chi connectivity index (χ0n) is 7.29. The molecule has 70 valence electrons. The summed E-state index contributed by atoms with van der Waals surface area (Å²) < 4.78 is 0. The molecule has 1 aromatic carbocycles. The maximum absolute atomic E-state index is 5.96. The average Bonchev–Trinajstić information content (AvgIpc) is 2.62. The van der Waals surface area contributed by atoms with Crippen molar-refractivity contribution in [3.05, 3.63) is 28.8 Å². The third-order valence-electron chi connectivity index (χ3n) is 2.36. The van der Waals surface area contributed by atoms with Crippen LogP contribution < -0.4 is 5.73 Å². The summed E-state index contributed by atoms with van der Waals surface area (Å²) in [5.74, 6) is 1.25. The summed E-state index contributed by atoms with van der Waals surface area (Å²) in [6.45, 7) is 0. The Kier molecular flexibility index (Phi) is 2.70. The van der Waals surface area contributed by atoms with Crippen molar-refractivity contribution in [2.24, 2.45) is 0 Å². The standard InChI is InChI=1S/C10H12ClNS/c11-8-4-1-3-7(10(8)12)9-5-2-6-13-9/h1,3-4,9H,2,5-6,12H2. The molecule has 13 heavy (non-hydrogen) atoms. The second-order valence-electron chi connectivity index (χ2n) is 3.24. The Labute approximate surface area is 87.7 Å². The number of nitrogen functional groups attached to an aromatic ring is 1. The Bertz CT molecular complexity index is 308. The first-order chi connectivity index (χ1) is 6.29. The van der Waals surface area contributed by atoms with Gasteiger partial charge in [0.15, 0.2) is 0 Å². The highest BCUT2D eigenvalue weighted by Gasteiger charge is 2.20. The zero-order valence-corrected chi connectivity index (χ0v) is 8.87. The van der Waals surface area contributed by atoms with Crippen LogP contribution in [0.15, 0.2) is 18.2 Å². The lowest BCUT2D eigenvalue weighted by atomic mass is 10.1. The van der Waals surface area contributed by atoms with E-state index in [0.29, 0.717) is 10.3 Å². The van der Waals surface area contributed by atoms with Crippen molar-refractivity contribution >= 4 is 29.1 Å². The lowest BCUT2D eigenvalue weighted by Crippen LogP contribution is -1.97. The predicted molar refractivity (Wildman–Crippen MR) is 60.3 cm³/mol. The van der Waals surface area contributed by atoms with Gasteiger partial charge in [-0.15, -0.1) is 0 Å². The summed E-state index contributed by atoms with van der Waals surface area (Å²) >= 11 is 7.94. The molecule has 3 heteroatoms. The first-order valence-corrected chi connectivity index (χ1v) is 5.87. The zero-order chi connectivity index (χ0) is 9.26. The van der Waals surface area contributed by atoms with E-state index in [1.807, 2.05) is 23.9 Å². The van der Waals surface area contributed by atoms with E-state index in [9.17, 15) is 0 Å². The fourth-order valence-corrected chi connectivity index (χ4v) is 3.18. The molecule has 1 fully saturated rings. The van der Waals surface area contributed by atoms with Gasteiger partial charge in [-0.3, -0.25) is 0 Å². The quantitative estimate of drug-likeness (QED) is 0.723. The van der Waals surface area contributed by atoms with E-state index in [4.69, 9.17) is 17.3 Å². The minimum Gasteiger partial charge on any atom is -0.397 e. The molecule has 1 nitrogen and oxygen atoms in total. The maximum atomic E-state index is 5.96. The Balaban J connectivity index is 2.33. The van der Waals surface area contributed by atoms with E-state index in [1.165, 1.54) is 24.2 Å². The molecule has 2 rings (SSSR count). The average molecular weight is 214 g/mol. The molecular weight excluding hydrogens is 202 g/mol. The molecule has 0 spiro atoms. The second-order valence-corrected chi connectivity index (χ2v) is 4.96. The van der Waals surface area contributed by atoms with Crippen LogP contribution >= 0.6 is 23.4 Å². The Morgan fingerprint density at radius 3 is 3.00 bits per heavy atom. The van der Waals surface area contributed by atoms with E-state index >= 15 is 0 Å². The molecule has 0 bridgehead atoms. The van der Waals surface area contributed by atoms with E-state index in [0.717, 1.165) is 5.69 Å². The number of hydrogen-bond donors (Lipinski definition) is 1. The van der Waals surface area contributed by atoms with Crippen molar-refractivity contribution in [1.29, 1.82) is 0 Å². The molecule has 1 aliphatic rings. The van der Waals surface area contributed by atoms with Gasteiger partial charge in [0.25, 0.3) is 0 Å². The monoisotopic (exact) mass is 213 g/mol. The number of anilines is 1. The molecule has 0 saturated carbocycles. The second kappa shape index (κ2) is 3.81. The van der Waals surface area contributed by atoms with Crippen LogP contribution in [0.25, 0.3) is 0 Å². The molecule has 2 N–H and O–H groups in total. The van der Waals surface area contributed by atoms with Gasteiger partial charge in [0.1, 0.15) is 0 Å². The van der Waals surface area contributed by atoms with Crippen molar-refractivity contribution in [3.63, 3.8) is 0 Å². The first kappa shape index (κ1) is 9.22.